The average Bonchev–Trinajstić information content (AvgIpc) is 2.38. The average molecular weight is 275 g/mol. The fraction of sp³-hybridized carbons (Fsp3) is 0.600. The van der Waals surface area contributed by atoms with Crippen molar-refractivity contribution in [1.29, 1.82) is 5.41 Å². The number of aromatic nitrogens is 1. The summed E-state index contributed by atoms with van der Waals surface area (Å²) in [6.45, 7) is 5.12. The predicted molar refractivity (Wildman–Crippen MR) is 83.5 cm³/mol. The van der Waals surface area contributed by atoms with Gasteiger partial charge >= 0.3 is 0 Å². The molecule has 0 unspecified atom stereocenters. The topological polar surface area (TPSA) is 69.2 Å². The second-order valence-electron chi connectivity index (χ2n) is 5.93. The van der Waals surface area contributed by atoms with Gasteiger partial charge < -0.3 is 15.5 Å². The van der Waals surface area contributed by atoms with Crippen molar-refractivity contribution in [3.8, 4) is 0 Å². The van der Waals surface area contributed by atoms with Gasteiger partial charge in [-0.25, -0.2) is 4.98 Å². The Morgan fingerprint density at radius 2 is 2.10 bits per heavy atom. The molecule has 1 fully saturated rings. The van der Waals surface area contributed by atoms with Gasteiger partial charge in [0, 0.05) is 25.8 Å². The zero-order chi connectivity index (χ0) is 14.7. The summed E-state index contributed by atoms with van der Waals surface area (Å²) in [5.74, 6) is 1.74. The van der Waals surface area contributed by atoms with E-state index in [2.05, 4.69) is 28.9 Å². The Balaban J connectivity index is 2.11. The van der Waals surface area contributed by atoms with Gasteiger partial charge in [-0.2, -0.15) is 0 Å². The monoisotopic (exact) mass is 275 g/mol. The van der Waals surface area contributed by atoms with E-state index in [1.807, 2.05) is 19.2 Å². The molecule has 1 aromatic rings. The molecule has 0 bridgehead atoms. The van der Waals surface area contributed by atoms with Crippen LogP contribution >= 0.6 is 0 Å². The maximum absolute atomic E-state index is 7.77. The first-order chi connectivity index (χ1) is 9.49. The number of nitrogens with zero attached hydrogens (tertiary/aromatic N) is 3. The number of pyridine rings is 1. The Hall–Kier alpha value is -1.62. The maximum atomic E-state index is 7.77. The van der Waals surface area contributed by atoms with Crippen LogP contribution in [-0.4, -0.2) is 49.4 Å². The second kappa shape index (κ2) is 6.22. The molecule has 5 heteroatoms. The van der Waals surface area contributed by atoms with Gasteiger partial charge in [0.15, 0.2) is 0 Å². The van der Waals surface area contributed by atoms with Gasteiger partial charge in [-0.15, -0.1) is 0 Å². The molecule has 0 amide bonds. The molecule has 110 valence electrons. The summed E-state index contributed by atoms with van der Waals surface area (Å²) in [5.41, 5.74) is 7.54. The molecule has 2 rings (SSSR count). The van der Waals surface area contributed by atoms with Crippen molar-refractivity contribution in [2.45, 2.75) is 19.8 Å². The van der Waals surface area contributed by atoms with Gasteiger partial charge in [0.05, 0.1) is 5.56 Å². The van der Waals surface area contributed by atoms with E-state index < -0.39 is 0 Å². The number of hydrogen-bond donors (Lipinski definition) is 2. The predicted octanol–water partition coefficient (Wildman–Crippen LogP) is 1.45. The summed E-state index contributed by atoms with van der Waals surface area (Å²) >= 11 is 0. The molecule has 0 atom stereocenters. The molecular weight excluding hydrogens is 250 g/mol. The first kappa shape index (κ1) is 14.8. The number of amidine groups is 1. The molecule has 0 radical (unpaired) electrons. The number of nitrogen functional groups attached to an aromatic ring is 1. The van der Waals surface area contributed by atoms with Gasteiger partial charge in [-0.3, -0.25) is 5.41 Å². The first-order valence-electron chi connectivity index (χ1n) is 7.18. The Morgan fingerprint density at radius 3 is 2.65 bits per heavy atom. The molecule has 0 aliphatic carbocycles. The molecule has 0 aromatic carbocycles. The number of piperidine rings is 1. The van der Waals surface area contributed by atoms with Gasteiger partial charge in [0.25, 0.3) is 0 Å². The van der Waals surface area contributed by atoms with E-state index in [9.17, 15) is 0 Å². The van der Waals surface area contributed by atoms with Crippen LogP contribution in [0.25, 0.3) is 0 Å². The zero-order valence-corrected chi connectivity index (χ0v) is 12.7. The van der Waals surface area contributed by atoms with Gasteiger partial charge in [-0.1, -0.05) is 0 Å². The zero-order valence-electron chi connectivity index (χ0n) is 12.7. The lowest BCUT2D eigenvalue weighted by Gasteiger charge is -2.35. The van der Waals surface area contributed by atoms with E-state index in [-0.39, 0.29) is 5.84 Å². The lowest BCUT2D eigenvalue weighted by Crippen LogP contribution is -2.38. The van der Waals surface area contributed by atoms with Crippen molar-refractivity contribution in [1.82, 2.24) is 9.88 Å². The summed E-state index contributed by atoms with van der Waals surface area (Å²) in [6.07, 6.45) is 4.15. The molecular formula is C15H25N5. The summed E-state index contributed by atoms with van der Waals surface area (Å²) in [4.78, 5) is 8.99. The highest BCUT2D eigenvalue weighted by Crippen LogP contribution is 2.26. The summed E-state index contributed by atoms with van der Waals surface area (Å²) < 4.78 is 0. The summed E-state index contributed by atoms with van der Waals surface area (Å²) in [5, 5.41) is 7.77. The van der Waals surface area contributed by atoms with Crippen LogP contribution in [0.1, 0.15) is 24.0 Å². The minimum Gasteiger partial charge on any atom is -0.384 e. The highest BCUT2D eigenvalue weighted by molar-refractivity contribution is 6.01. The van der Waals surface area contributed by atoms with Crippen molar-refractivity contribution >= 4 is 11.7 Å². The Bertz CT molecular complexity index is 475. The Morgan fingerprint density at radius 1 is 1.45 bits per heavy atom. The van der Waals surface area contributed by atoms with E-state index in [0.29, 0.717) is 0 Å². The van der Waals surface area contributed by atoms with Crippen LogP contribution in [0.15, 0.2) is 12.3 Å². The van der Waals surface area contributed by atoms with Gasteiger partial charge in [-0.05, 0) is 51.4 Å². The molecule has 0 saturated carbocycles. The first-order valence-corrected chi connectivity index (χ1v) is 7.18. The molecule has 1 saturated heterocycles. The van der Waals surface area contributed by atoms with Crippen molar-refractivity contribution in [2.75, 3.05) is 38.6 Å². The van der Waals surface area contributed by atoms with Crippen molar-refractivity contribution in [3.05, 3.63) is 23.4 Å². The van der Waals surface area contributed by atoms with Crippen LogP contribution in [0.3, 0.4) is 0 Å². The molecule has 1 aliphatic rings. The van der Waals surface area contributed by atoms with Crippen LogP contribution in [-0.2, 0) is 0 Å². The Labute approximate surface area is 121 Å². The minimum atomic E-state index is 0.112. The third-order valence-electron chi connectivity index (χ3n) is 3.95. The number of anilines is 1. The van der Waals surface area contributed by atoms with Crippen LogP contribution in [0.4, 0.5) is 5.82 Å². The largest absolute Gasteiger partial charge is 0.384 e. The standard InChI is InChI=1S/C15H25N5/c1-11-4-7-18-15(13(11)14(16)17)20-8-5-12(6-9-20)10-19(2)3/h4,7,12H,5-6,8-10H2,1-3H3,(H3,16,17). The van der Waals surface area contributed by atoms with E-state index in [1.54, 1.807) is 0 Å². The van der Waals surface area contributed by atoms with Gasteiger partial charge in [0.2, 0.25) is 0 Å². The smallest absolute Gasteiger partial charge is 0.139 e. The van der Waals surface area contributed by atoms with Crippen molar-refractivity contribution in [3.63, 3.8) is 0 Å². The van der Waals surface area contributed by atoms with E-state index in [1.165, 1.54) is 12.8 Å². The fourth-order valence-corrected chi connectivity index (χ4v) is 2.96. The number of aryl methyl sites for hydroxylation is 1. The normalized spacial score (nSPS) is 16.7. The fourth-order valence-electron chi connectivity index (χ4n) is 2.96. The van der Waals surface area contributed by atoms with E-state index >= 15 is 0 Å². The summed E-state index contributed by atoms with van der Waals surface area (Å²) in [7, 11) is 4.25. The van der Waals surface area contributed by atoms with Crippen LogP contribution in [0.5, 0.6) is 0 Å². The third kappa shape index (κ3) is 3.28. The number of hydrogen-bond acceptors (Lipinski definition) is 4. The minimum absolute atomic E-state index is 0.112. The molecule has 3 N–H and O–H groups in total. The molecule has 20 heavy (non-hydrogen) atoms. The second-order valence-corrected chi connectivity index (χ2v) is 5.93. The Kier molecular flexibility index (Phi) is 4.60. The van der Waals surface area contributed by atoms with Crippen molar-refractivity contribution < 1.29 is 0 Å². The molecule has 5 nitrogen and oxygen atoms in total. The van der Waals surface area contributed by atoms with Crippen LogP contribution in [0.2, 0.25) is 0 Å². The van der Waals surface area contributed by atoms with Crippen LogP contribution < -0.4 is 10.6 Å². The lowest BCUT2D eigenvalue weighted by atomic mass is 9.96. The number of nitrogens with two attached hydrogens (primary N) is 1. The molecule has 0 spiro atoms. The van der Waals surface area contributed by atoms with E-state index in [0.717, 1.165) is 42.5 Å². The SMILES string of the molecule is Cc1ccnc(N2CCC(CN(C)C)CC2)c1C(=N)N. The molecule has 1 aromatic heterocycles. The third-order valence-corrected chi connectivity index (χ3v) is 3.95. The quantitative estimate of drug-likeness (QED) is 0.644. The van der Waals surface area contributed by atoms with Crippen molar-refractivity contribution in [2.24, 2.45) is 11.7 Å². The lowest BCUT2D eigenvalue weighted by molar-refractivity contribution is 0.284. The molecule has 2 heterocycles. The van der Waals surface area contributed by atoms with Crippen LogP contribution in [0, 0.1) is 18.3 Å². The van der Waals surface area contributed by atoms with Gasteiger partial charge in [0.1, 0.15) is 11.7 Å². The number of rotatable bonds is 4. The maximum Gasteiger partial charge on any atom is 0.139 e. The highest BCUT2D eigenvalue weighted by Gasteiger charge is 2.23. The summed E-state index contributed by atoms with van der Waals surface area (Å²) in [6, 6.07) is 1.92. The number of nitrogens with one attached hydrogen (secondary N) is 1. The van der Waals surface area contributed by atoms with E-state index in [4.69, 9.17) is 11.1 Å². The molecule has 1 aliphatic heterocycles. The highest BCUT2D eigenvalue weighted by atomic mass is 15.2.